The van der Waals surface area contributed by atoms with Crippen LogP contribution >= 0.6 is 0 Å². The number of nitrogens with one attached hydrogen (secondary N) is 1. The minimum Gasteiger partial charge on any atom is -0.394 e. The van der Waals surface area contributed by atoms with Crippen molar-refractivity contribution in [2.24, 2.45) is 0 Å². The maximum atomic E-state index is 3.58. The van der Waals surface area contributed by atoms with Crippen molar-refractivity contribution in [2.45, 2.75) is 6.92 Å². The molecule has 0 saturated heterocycles. The Balaban J connectivity index is 3.74. The van der Waals surface area contributed by atoms with E-state index >= 15 is 0 Å². The summed E-state index contributed by atoms with van der Waals surface area (Å²) in [4.78, 5) is 0. The van der Waals surface area contributed by atoms with Gasteiger partial charge in [-0.3, -0.25) is 0 Å². The summed E-state index contributed by atoms with van der Waals surface area (Å²) in [6.45, 7) is 5.60. The van der Waals surface area contributed by atoms with Crippen LogP contribution in [0.15, 0.2) is 36.6 Å². The highest BCUT2D eigenvalue weighted by atomic mass is 14.8. The van der Waals surface area contributed by atoms with E-state index in [1.54, 1.807) is 6.08 Å². The van der Waals surface area contributed by atoms with E-state index in [1.807, 2.05) is 32.3 Å². The van der Waals surface area contributed by atoms with Crippen LogP contribution in [0, 0.1) is 0 Å². The quantitative estimate of drug-likeness (QED) is 0.565. The average molecular weight is 123 g/mol. The van der Waals surface area contributed by atoms with E-state index in [2.05, 4.69) is 11.9 Å². The molecule has 0 unspecified atom stereocenters. The maximum Gasteiger partial charge on any atom is 0.00277 e. The normalized spacial score (nSPS) is 12.0. The van der Waals surface area contributed by atoms with Gasteiger partial charge >= 0.3 is 0 Å². The fraction of sp³-hybridized carbons (Fsp3) is 0.250. The van der Waals surface area contributed by atoms with Crippen molar-refractivity contribution in [2.75, 3.05) is 7.05 Å². The Morgan fingerprint density at radius 1 is 1.56 bits per heavy atom. The van der Waals surface area contributed by atoms with Crippen molar-refractivity contribution < 1.29 is 0 Å². The van der Waals surface area contributed by atoms with Crippen LogP contribution < -0.4 is 5.32 Å². The van der Waals surface area contributed by atoms with E-state index in [0.29, 0.717) is 0 Å². The van der Waals surface area contributed by atoms with Gasteiger partial charge in [-0.15, -0.1) is 0 Å². The topological polar surface area (TPSA) is 12.0 Å². The van der Waals surface area contributed by atoms with Crippen LogP contribution in [0.1, 0.15) is 6.92 Å². The molecule has 0 aliphatic rings. The summed E-state index contributed by atoms with van der Waals surface area (Å²) in [5.41, 5.74) is 1.19. The summed E-state index contributed by atoms with van der Waals surface area (Å²) >= 11 is 0. The summed E-state index contributed by atoms with van der Waals surface area (Å²) in [7, 11) is 1.87. The predicted octanol–water partition coefficient (Wildman–Crippen LogP) is 1.85. The molecule has 0 aliphatic carbocycles. The van der Waals surface area contributed by atoms with Crippen LogP contribution in [0.3, 0.4) is 0 Å². The molecule has 0 heterocycles. The SMILES string of the molecule is C=C/C=C(C)\C=C/NC. The van der Waals surface area contributed by atoms with Gasteiger partial charge in [0.2, 0.25) is 0 Å². The van der Waals surface area contributed by atoms with Crippen molar-refractivity contribution in [3.8, 4) is 0 Å². The minimum absolute atomic E-state index is 1.19. The van der Waals surface area contributed by atoms with Crippen LogP contribution in [-0.2, 0) is 0 Å². The Morgan fingerprint density at radius 2 is 2.22 bits per heavy atom. The van der Waals surface area contributed by atoms with Gasteiger partial charge in [-0.05, 0) is 24.8 Å². The molecule has 0 atom stereocenters. The average Bonchev–Trinajstić information content (AvgIpc) is 1.85. The van der Waals surface area contributed by atoms with E-state index in [1.165, 1.54) is 5.57 Å². The standard InChI is InChI=1S/C8H13N/c1-4-5-8(2)6-7-9-3/h4-7,9H,1H2,2-3H3/b7-6-,8-5-. The van der Waals surface area contributed by atoms with Crippen molar-refractivity contribution in [3.63, 3.8) is 0 Å². The molecule has 0 spiro atoms. The molecule has 0 aromatic rings. The molecule has 0 aliphatic heterocycles. The summed E-state index contributed by atoms with van der Waals surface area (Å²) in [5.74, 6) is 0. The Labute approximate surface area is 56.8 Å². The van der Waals surface area contributed by atoms with Crippen LogP contribution in [0.2, 0.25) is 0 Å². The van der Waals surface area contributed by atoms with Crippen LogP contribution in [0.5, 0.6) is 0 Å². The van der Waals surface area contributed by atoms with E-state index in [0.717, 1.165) is 0 Å². The molecule has 1 N–H and O–H groups in total. The van der Waals surface area contributed by atoms with Gasteiger partial charge in [0, 0.05) is 7.05 Å². The molecule has 0 rings (SSSR count). The molecule has 0 amide bonds. The zero-order valence-electron chi connectivity index (χ0n) is 6.02. The minimum atomic E-state index is 1.19. The number of allylic oxidation sites excluding steroid dienone is 4. The molecule has 1 heteroatoms. The molecular formula is C8H13N. The predicted molar refractivity (Wildman–Crippen MR) is 42.2 cm³/mol. The van der Waals surface area contributed by atoms with Gasteiger partial charge in [-0.2, -0.15) is 0 Å². The van der Waals surface area contributed by atoms with E-state index in [9.17, 15) is 0 Å². The van der Waals surface area contributed by atoms with Crippen LogP contribution in [-0.4, -0.2) is 7.05 Å². The van der Waals surface area contributed by atoms with Gasteiger partial charge in [0.15, 0.2) is 0 Å². The van der Waals surface area contributed by atoms with Gasteiger partial charge < -0.3 is 5.32 Å². The maximum absolute atomic E-state index is 3.58. The summed E-state index contributed by atoms with van der Waals surface area (Å²) in [6.07, 6.45) is 7.60. The first-order valence-corrected chi connectivity index (χ1v) is 2.94. The second-order valence-electron chi connectivity index (χ2n) is 1.77. The lowest BCUT2D eigenvalue weighted by Gasteiger charge is -1.87. The lowest BCUT2D eigenvalue weighted by molar-refractivity contribution is 1.10. The zero-order chi connectivity index (χ0) is 7.11. The molecule has 0 aromatic carbocycles. The first-order valence-electron chi connectivity index (χ1n) is 2.94. The second-order valence-corrected chi connectivity index (χ2v) is 1.77. The molecule has 0 bridgehead atoms. The van der Waals surface area contributed by atoms with Crippen molar-refractivity contribution in [1.82, 2.24) is 5.32 Å². The van der Waals surface area contributed by atoms with Crippen molar-refractivity contribution in [3.05, 3.63) is 36.6 Å². The Bertz CT molecular complexity index is 132. The second kappa shape index (κ2) is 5.16. The largest absolute Gasteiger partial charge is 0.394 e. The van der Waals surface area contributed by atoms with Gasteiger partial charge in [-0.1, -0.05) is 18.7 Å². The smallest absolute Gasteiger partial charge is 0.00277 e. The highest BCUT2D eigenvalue weighted by molar-refractivity contribution is 5.19. The third kappa shape index (κ3) is 4.88. The van der Waals surface area contributed by atoms with Crippen molar-refractivity contribution >= 4 is 0 Å². The Hall–Kier alpha value is -0.980. The molecule has 1 nitrogen and oxygen atoms in total. The lowest BCUT2D eigenvalue weighted by atomic mass is 10.3. The summed E-state index contributed by atoms with van der Waals surface area (Å²) in [5, 5.41) is 2.90. The van der Waals surface area contributed by atoms with E-state index in [4.69, 9.17) is 0 Å². The third-order valence-electron chi connectivity index (χ3n) is 0.894. The molecule has 0 saturated carbocycles. The van der Waals surface area contributed by atoms with Crippen molar-refractivity contribution in [1.29, 1.82) is 0 Å². The zero-order valence-corrected chi connectivity index (χ0v) is 6.02. The summed E-state index contributed by atoms with van der Waals surface area (Å²) < 4.78 is 0. The Kier molecular flexibility index (Phi) is 4.60. The van der Waals surface area contributed by atoms with Crippen LogP contribution in [0.25, 0.3) is 0 Å². The molecule has 0 aromatic heterocycles. The number of hydrogen-bond acceptors (Lipinski definition) is 1. The summed E-state index contributed by atoms with van der Waals surface area (Å²) in [6, 6.07) is 0. The molecule has 0 fully saturated rings. The number of rotatable bonds is 3. The highest BCUT2D eigenvalue weighted by Gasteiger charge is 1.73. The van der Waals surface area contributed by atoms with E-state index in [-0.39, 0.29) is 0 Å². The molecular weight excluding hydrogens is 110 g/mol. The first-order chi connectivity index (χ1) is 4.31. The van der Waals surface area contributed by atoms with Gasteiger partial charge in [-0.25, -0.2) is 0 Å². The third-order valence-corrected chi connectivity index (χ3v) is 0.894. The monoisotopic (exact) mass is 123 g/mol. The highest BCUT2D eigenvalue weighted by Crippen LogP contribution is 1.92. The van der Waals surface area contributed by atoms with Gasteiger partial charge in [0.25, 0.3) is 0 Å². The van der Waals surface area contributed by atoms with Gasteiger partial charge in [0.1, 0.15) is 0 Å². The fourth-order valence-corrected chi connectivity index (χ4v) is 0.456. The Morgan fingerprint density at radius 3 is 2.67 bits per heavy atom. The molecule has 50 valence electrons. The lowest BCUT2D eigenvalue weighted by Crippen LogP contribution is -1.90. The molecule has 9 heavy (non-hydrogen) atoms. The number of hydrogen-bond donors (Lipinski definition) is 1. The first kappa shape index (κ1) is 8.02. The van der Waals surface area contributed by atoms with Crippen LogP contribution in [0.4, 0.5) is 0 Å². The van der Waals surface area contributed by atoms with Gasteiger partial charge in [0.05, 0.1) is 0 Å². The van der Waals surface area contributed by atoms with E-state index < -0.39 is 0 Å². The fourth-order valence-electron chi connectivity index (χ4n) is 0.456. The molecule has 0 radical (unpaired) electrons.